The van der Waals surface area contributed by atoms with Crippen LogP contribution in [0.15, 0.2) is 47.5 Å². The first-order valence-electron chi connectivity index (χ1n) is 7.41. The zero-order valence-corrected chi connectivity index (χ0v) is 12.9. The predicted octanol–water partition coefficient (Wildman–Crippen LogP) is 2.93. The number of nitrogens with one attached hydrogen (secondary N) is 1. The number of aryl methyl sites for hydroxylation is 1. The first-order chi connectivity index (χ1) is 10.8. The Labute approximate surface area is 130 Å². The van der Waals surface area contributed by atoms with E-state index in [1.165, 1.54) is 5.56 Å². The smallest absolute Gasteiger partial charge is 0.162 e. The average molecular weight is 296 g/mol. The normalized spacial score (nSPS) is 13.5. The molecule has 1 N–H and O–H groups in total. The molecule has 114 valence electrons. The van der Waals surface area contributed by atoms with Crippen molar-refractivity contribution in [1.82, 2.24) is 5.32 Å². The van der Waals surface area contributed by atoms with Crippen LogP contribution in [0.4, 0.5) is 0 Å². The molecule has 0 atom stereocenters. The fourth-order valence-electron chi connectivity index (χ4n) is 2.37. The van der Waals surface area contributed by atoms with Gasteiger partial charge in [-0.2, -0.15) is 0 Å². The van der Waals surface area contributed by atoms with Crippen LogP contribution in [0.3, 0.4) is 0 Å². The highest BCUT2D eigenvalue weighted by Crippen LogP contribution is 2.29. The van der Waals surface area contributed by atoms with E-state index >= 15 is 0 Å². The van der Waals surface area contributed by atoms with E-state index in [9.17, 15) is 0 Å². The zero-order chi connectivity index (χ0) is 15.4. The molecule has 0 spiro atoms. The largest absolute Gasteiger partial charge is 0.493 e. The van der Waals surface area contributed by atoms with Gasteiger partial charge in [0, 0.05) is 12.1 Å². The van der Waals surface area contributed by atoms with Gasteiger partial charge in [-0.3, -0.25) is 4.99 Å². The maximum Gasteiger partial charge on any atom is 0.162 e. The minimum Gasteiger partial charge on any atom is -0.493 e. The first-order valence-corrected chi connectivity index (χ1v) is 7.41. The molecule has 0 bridgehead atoms. The van der Waals surface area contributed by atoms with Crippen molar-refractivity contribution in [3.05, 3.63) is 59.2 Å². The Balaban J connectivity index is 1.78. The Morgan fingerprint density at radius 3 is 2.59 bits per heavy atom. The highest BCUT2D eigenvalue weighted by atomic mass is 16.5. The molecule has 1 aliphatic rings. The summed E-state index contributed by atoms with van der Waals surface area (Å²) >= 11 is 0. The van der Waals surface area contributed by atoms with Crippen molar-refractivity contribution in [2.75, 3.05) is 20.2 Å². The van der Waals surface area contributed by atoms with Gasteiger partial charge >= 0.3 is 0 Å². The van der Waals surface area contributed by atoms with E-state index in [1.54, 1.807) is 7.11 Å². The Kier molecular flexibility index (Phi) is 4.28. The number of rotatable bonds is 5. The molecule has 0 saturated heterocycles. The zero-order valence-electron chi connectivity index (χ0n) is 12.9. The Bertz CT molecular complexity index is 678. The number of benzene rings is 2. The lowest BCUT2D eigenvalue weighted by Gasteiger charge is -2.13. The maximum absolute atomic E-state index is 5.95. The average Bonchev–Trinajstić information content (AvgIpc) is 3.08. The highest BCUT2D eigenvalue weighted by Gasteiger charge is 2.12. The first kappa shape index (κ1) is 14.4. The Hall–Kier alpha value is -2.49. The molecular formula is C18H20N2O2. The summed E-state index contributed by atoms with van der Waals surface area (Å²) in [5.41, 5.74) is 3.40. The third kappa shape index (κ3) is 3.22. The molecule has 0 radical (unpaired) electrons. The molecule has 22 heavy (non-hydrogen) atoms. The summed E-state index contributed by atoms with van der Waals surface area (Å²) in [7, 11) is 1.65. The van der Waals surface area contributed by atoms with E-state index in [-0.39, 0.29) is 0 Å². The van der Waals surface area contributed by atoms with E-state index in [2.05, 4.69) is 41.5 Å². The molecule has 0 fully saturated rings. The number of ether oxygens (including phenoxy) is 2. The second kappa shape index (κ2) is 6.52. The van der Waals surface area contributed by atoms with Crippen LogP contribution in [0, 0.1) is 6.92 Å². The van der Waals surface area contributed by atoms with Crippen LogP contribution in [0.25, 0.3) is 0 Å². The monoisotopic (exact) mass is 296 g/mol. The summed E-state index contributed by atoms with van der Waals surface area (Å²) in [6.07, 6.45) is 0. The van der Waals surface area contributed by atoms with Gasteiger partial charge < -0.3 is 14.8 Å². The summed E-state index contributed by atoms with van der Waals surface area (Å²) in [6.45, 7) is 4.30. The van der Waals surface area contributed by atoms with Crippen molar-refractivity contribution in [2.45, 2.75) is 13.5 Å². The number of aliphatic imine (C=N–C) groups is 1. The summed E-state index contributed by atoms with van der Waals surface area (Å²) in [5, 5.41) is 3.27. The van der Waals surface area contributed by atoms with Gasteiger partial charge in [0.05, 0.1) is 13.7 Å². The number of amidine groups is 1. The van der Waals surface area contributed by atoms with E-state index in [0.29, 0.717) is 6.61 Å². The molecule has 0 aromatic heterocycles. The number of hydrogen-bond donors (Lipinski definition) is 1. The van der Waals surface area contributed by atoms with Gasteiger partial charge in [-0.05, 0) is 30.7 Å². The van der Waals surface area contributed by atoms with Gasteiger partial charge in [0.2, 0.25) is 0 Å². The minimum absolute atomic E-state index is 0.514. The molecule has 4 nitrogen and oxygen atoms in total. The van der Waals surface area contributed by atoms with Crippen LogP contribution >= 0.6 is 0 Å². The van der Waals surface area contributed by atoms with E-state index in [4.69, 9.17) is 9.47 Å². The molecular weight excluding hydrogens is 276 g/mol. The summed E-state index contributed by atoms with van der Waals surface area (Å²) < 4.78 is 11.3. The van der Waals surface area contributed by atoms with Crippen LogP contribution in [0.2, 0.25) is 0 Å². The number of methoxy groups -OCH3 is 1. The minimum atomic E-state index is 0.514. The molecule has 0 saturated carbocycles. The van der Waals surface area contributed by atoms with Gasteiger partial charge in [0.1, 0.15) is 12.4 Å². The number of hydrogen-bond acceptors (Lipinski definition) is 4. The second-order valence-electron chi connectivity index (χ2n) is 5.30. The summed E-state index contributed by atoms with van der Waals surface area (Å²) in [5.74, 6) is 2.38. The van der Waals surface area contributed by atoms with Crippen molar-refractivity contribution in [1.29, 1.82) is 0 Å². The van der Waals surface area contributed by atoms with Crippen LogP contribution in [0.1, 0.15) is 16.7 Å². The molecule has 4 heteroatoms. The third-order valence-electron chi connectivity index (χ3n) is 3.63. The molecule has 2 aromatic carbocycles. The van der Waals surface area contributed by atoms with Crippen molar-refractivity contribution < 1.29 is 9.47 Å². The lowest BCUT2D eigenvalue weighted by Crippen LogP contribution is -2.19. The standard InChI is InChI=1S/C18H20N2O2/c1-13-3-5-14(6-4-13)12-22-17-11-15(7-8-16(17)21-2)18-19-9-10-20-18/h3-8,11H,9-10,12H2,1-2H3,(H,19,20). The highest BCUT2D eigenvalue weighted by molar-refractivity contribution is 6.00. The molecule has 0 unspecified atom stereocenters. The van der Waals surface area contributed by atoms with E-state index in [0.717, 1.165) is 41.6 Å². The maximum atomic E-state index is 5.95. The van der Waals surface area contributed by atoms with Gasteiger partial charge in [-0.1, -0.05) is 29.8 Å². The SMILES string of the molecule is COc1ccc(C2=NCCN2)cc1OCc1ccc(C)cc1. The molecule has 0 amide bonds. The van der Waals surface area contributed by atoms with Gasteiger partial charge in [-0.15, -0.1) is 0 Å². The van der Waals surface area contributed by atoms with E-state index < -0.39 is 0 Å². The van der Waals surface area contributed by atoms with Gasteiger partial charge in [-0.25, -0.2) is 0 Å². The van der Waals surface area contributed by atoms with E-state index in [1.807, 2.05) is 18.2 Å². The summed E-state index contributed by atoms with van der Waals surface area (Å²) in [6, 6.07) is 14.2. The van der Waals surface area contributed by atoms with Crippen molar-refractivity contribution in [2.24, 2.45) is 4.99 Å². The van der Waals surface area contributed by atoms with Gasteiger partial charge in [0.15, 0.2) is 11.5 Å². The molecule has 3 rings (SSSR count). The summed E-state index contributed by atoms with van der Waals surface area (Å²) in [4.78, 5) is 4.44. The van der Waals surface area contributed by atoms with Gasteiger partial charge in [0.25, 0.3) is 0 Å². The fourth-order valence-corrected chi connectivity index (χ4v) is 2.37. The lowest BCUT2D eigenvalue weighted by molar-refractivity contribution is 0.284. The second-order valence-corrected chi connectivity index (χ2v) is 5.30. The predicted molar refractivity (Wildman–Crippen MR) is 87.9 cm³/mol. The van der Waals surface area contributed by atoms with Crippen LogP contribution in [-0.2, 0) is 6.61 Å². The Morgan fingerprint density at radius 2 is 1.91 bits per heavy atom. The lowest BCUT2D eigenvalue weighted by atomic mass is 10.1. The van der Waals surface area contributed by atoms with Crippen LogP contribution in [0.5, 0.6) is 11.5 Å². The topological polar surface area (TPSA) is 42.8 Å². The fraction of sp³-hybridized carbons (Fsp3) is 0.278. The Morgan fingerprint density at radius 1 is 1.09 bits per heavy atom. The van der Waals surface area contributed by atoms with Crippen molar-refractivity contribution in [3.8, 4) is 11.5 Å². The quantitative estimate of drug-likeness (QED) is 0.922. The number of nitrogens with zero attached hydrogens (tertiary/aromatic N) is 1. The molecule has 1 aliphatic heterocycles. The van der Waals surface area contributed by atoms with Crippen molar-refractivity contribution in [3.63, 3.8) is 0 Å². The van der Waals surface area contributed by atoms with Crippen LogP contribution < -0.4 is 14.8 Å². The van der Waals surface area contributed by atoms with Crippen LogP contribution in [-0.4, -0.2) is 26.0 Å². The van der Waals surface area contributed by atoms with Crippen molar-refractivity contribution >= 4 is 5.84 Å². The molecule has 0 aliphatic carbocycles. The molecule has 1 heterocycles. The molecule has 2 aromatic rings. The third-order valence-corrected chi connectivity index (χ3v) is 3.63.